The first-order valence-corrected chi connectivity index (χ1v) is 6.11. The van der Waals surface area contributed by atoms with Crippen LogP contribution in [0.15, 0.2) is 24.6 Å². The molecule has 0 aromatic carbocycles. The zero-order valence-electron chi connectivity index (χ0n) is 10.00. The van der Waals surface area contributed by atoms with Crippen molar-refractivity contribution >= 4 is 0 Å². The predicted molar refractivity (Wildman–Crippen MR) is 66.6 cm³/mol. The Bertz CT molecular complexity index is 201. The lowest BCUT2D eigenvalue weighted by molar-refractivity contribution is 0.373. The second-order valence-electron chi connectivity index (χ2n) is 4.24. The molecule has 86 valence electrons. The minimum atomic E-state index is 0.797. The van der Waals surface area contributed by atoms with Crippen molar-refractivity contribution in [2.45, 2.75) is 58.0 Å². The van der Waals surface area contributed by atoms with E-state index in [9.17, 15) is 0 Å². The molecule has 2 aliphatic carbocycles. The molecule has 2 rings (SSSR count). The molecule has 0 aromatic heterocycles. The number of hydrogen-bond acceptors (Lipinski definition) is 2. The average Bonchev–Trinajstić information content (AvgIpc) is 2.97. The highest BCUT2D eigenvalue weighted by Gasteiger charge is 2.18. The lowest BCUT2D eigenvalue weighted by Crippen LogP contribution is -2.30. The largest absolute Gasteiger partial charge is 0.388 e. The van der Waals surface area contributed by atoms with Crippen molar-refractivity contribution in [3.63, 3.8) is 0 Å². The maximum Gasteiger partial charge on any atom is 0.0257 e. The highest BCUT2D eigenvalue weighted by molar-refractivity contribution is 4.87. The van der Waals surface area contributed by atoms with Gasteiger partial charge in [0.25, 0.3) is 0 Å². The molecule has 2 saturated carbocycles. The predicted octanol–water partition coefficient (Wildman–Crippen LogP) is 2.93. The molecule has 2 nitrogen and oxygen atoms in total. The van der Waals surface area contributed by atoms with Gasteiger partial charge >= 0.3 is 0 Å². The Morgan fingerprint density at radius 1 is 0.800 bits per heavy atom. The summed E-state index contributed by atoms with van der Waals surface area (Å²) in [4.78, 5) is 0. The van der Waals surface area contributed by atoms with Crippen molar-refractivity contribution in [3.05, 3.63) is 24.6 Å². The van der Waals surface area contributed by atoms with Crippen molar-refractivity contribution < 1.29 is 0 Å². The molecular formula is C13H24N2. The maximum absolute atomic E-state index is 3.29. The fraction of sp³-hybridized carbons (Fsp3) is 0.692. The summed E-state index contributed by atoms with van der Waals surface area (Å²) in [6, 6.07) is 1.61. The summed E-state index contributed by atoms with van der Waals surface area (Å²) in [7, 11) is 0. The minimum Gasteiger partial charge on any atom is -0.388 e. The van der Waals surface area contributed by atoms with Gasteiger partial charge in [-0.1, -0.05) is 12.2 Å². The summed E-state index contributed by atoms with van der Waals surface area (Å²) in [5.41, 5.74) is 0. The van der Waals surface area contributed by atoms with Gasteiger partial charge in [-0.2, -0.15) is 0 Å². The molecule has 0 radical (unpaired) electrons. The molecule has 2 N–H and O–H groups in total. The average molecular weight is 208 g/mol. The van der Waals surface area contributed by atoms with Gasteiger partial charge in [-0.3, -0.25) is 0 Å². The van der Waals surface area contributed by atoms with Crippen LogP contribution in [0.4, 0.5) is 0 Å². The maximum atomic E-state index is 3.29. The van der Waals surface area contributed by atoms with E-state index < -0.39 is 0 Å². The summed E-state index contributed by atoms with van der Waals surface area (Å²) in [6.07, 6.45) is 15.0. The molecule has 2 fully saturated rings. The lowest BCUT2D eigenvalue weighted by Gasteiger charge is -2.25. The van der Waals surface area contributed by atoms with E-state index in [4.69, 9.17) is 0 Å². The number of nitrogens with one attached hydrogen (secondary N) is 2. The Labute approximate surface area is 93.8 Å². The van der Waals surface area contributed by atoms with Gasteiger partial charge in [0.2, 0.25) is 0 Å². The van der Waals surface area contributed by atoms with Crippen molar-refractivity contribution in [2.24, 2.45) is 0 Å². The zero-order chi connectivity index (χ0) is 10.9. The summed E-state index contributed by atoms with van der Waals surface area (Å²) < 4.78 is 0. The zero-order valence-corrected chi connectivity index (χ0v) is 10.00. The standard InChI is InChI=1S/C7H13N.C6H11N/c1-2-6-8-7-4-3-5-7;1-2-5-7-6-3-4-6/h2,6-8H,3-5H2,1H3;2,5-7H,3-4H2,1H3. The molecule has 0 bridgehead atoms. The molecule has 15 heavy (non-hydrogen) atoms. The second-order valence-corrected chi connectivity index (χ2v) is 4.24. The second kappa shape index (κ2) is 7.38. The molecule has 0 atom stereocenters. The number of hydrogen-bond donors (Lipinski definition) is 2. The summed E-state index contributed by atoms with van der Waals surface area (Å²) >= 11 is 0. The molecule has 2 heteroatoms. The van der Waals surface area contributed by atoms with Crippen LogP contribution in [0, 0.1) is 0 Å². The van der Waals surface area contributed by atoms with E-state index in [1.807, 2.05) is 38.4 Å². The van der Waals surface area contributed by atoms with Crippen molar-refractivity contribution in [2.75, 3.05) is 0 Å². The number of rotatable bonds is 4. The molecule has 0 unspecified atom stereocenters. The molecule has 2 aliphatic rings. The topological polar surface area (TPSA) is 24.1 Å². The van der Waals surface area contributed by atoms with Gasteiger partial charge in [-0.25, -0.2) is 0 Å². The van der Waals surface area contributed by atoms with Crippen molar-refractivity contribution in [1.82, 2.24) is 10.6 Å². The van der Waals surface area contributed by atoms with Crippen molar-refractivity contribution in [3.8, 4) is 0 Å². The normalized spacial score (nSPS) is 20.9. The highest BCUT2D eigenvalue weighted by Crippen LogP contribution is 2.18. The fourth-order valence-corrected chi connectivity index (χ4v) is 1.29. The third-order valence-corrected chi connectivity index (χ3v) is 2.68. The van der Waals surface area contributed by atoms with Gasteiger partial charge in [0, 0.05) is 12.1 Å². The van der Waals surface area contributed by atoms with Crippen LogP contribution in [0.25, 0.3) is 0 Å². The van der Waals surface area contributed by atoms with Crippen LogP contribution >= 0.6 is 0 Å². The molecule has 0 amide bonds. The molecule has 0 aliphatic heterocycles. The van der Waals surface area contributed by atoms with Crippen LogP contribution in [-0.4, -0.2) is 12.1 Å². The van der Waals surface area contributed by atoms with Gasteiger partial charge in [-0.05, 0) is 58.4 Å². The molecule has 0 aromatic rings. The van der Waals surface area contributed by atoms with E-state index >= 15 is 0 Å². The highest BCUT2D eigenvalue weighted by atomic mass is 14.9. The smallest absolute Gasteiger partial charge is 0.0257 e. The van der Waals surface area contributed by atoms with E-state index in [-0.39, 0.29) is 0 Å². The number of allylic oxidation sites excluding steroid dienone is 2. The Kier molecular flexibility index (Phi) is 5.98. The Morgan fingerprint density at radius 3 is 1.53 bits per heavy atom. The van der Waals surface area contributed by atoms with Gasteiger partial charge in [0.1, 0.15) is 0 Å². The van der Waals surface area contributed by atoms with E-state index in [1.54, 1.807) is 0 Å². The third-order valence-electron chi connectivity index (χ3n) is 2.68. The van der Waals surface area contributed by atoms with Crippen LogP contribution in [0.3, 0.4) is 0 Å². The van der Waals surface area contributed by atoms with Crippen molar-refractivity contribution in [1.29, 1.82) is 0 Å². The summed E-state index contributed by atoms with van der Waals surface area (Å²) in [5.74, 6) is 0. The SMILES string of the molecule is CC=CNC1CC1.CC=CNC1CCC1. The van der Waals surface area contributed by atoms with Gasteiger partial charge in [-0.15, -0.1) is 0 Å². The Hall–Kier alpha value is -0.920. The van der Waals surface area contributed by atoms with Crippen LogP contribution in [0.2, 0.25) is 0 Å². The monoisotopic (exact) mass is 208 g/mol. The quantitative estimate of drug-likeness (QED) is 0.742. The van der Waals surface area contributed by atoms with E-state index in [0.717, 1.165) is 12.1 Å². The van der Waals surface area contributed by atoms with Gasteiger partial charge in [0.05, 0.1) is 0 Å². The third kappa shape index (κ3) is 6.21. The summed E-state index contributed by atoms with van der Waals surface area (Å²) in [5, 5.41) is 6.51. The Morgan fingerprint density at radius 2 is 1.27 bits per heavy atom. The molecule has 0 saturated heterocycles. The van der Waals surface area contributed by atoms with E-state index in [0.29, 0.717) is 0 Å². The first-order chi connectivity index (χ1) is 7.36. The van der Waals surface area contributed by atoms with Gasteiger partial charge < -0.3 is 10.6 Å². The molecular weight excluding hydrogens is 184 g/mol. The van der Waals surface area contributed by atoms with Crippen LogP contribution in [0.1, 0.15) is 46.0 Å². The van der Waals surface area contributed by atoms with Gasteiger partial charge in [0.15, 0.2) is 0 Å². The minimum absolute atomic E-state index is 0.797. The lowest BCUT2D eigenvalue weighted by atomic mass is 9.93. The molecule has 0 heterocycles. The van der Waals surface area contributed by atoms with E-state index in [1.165, 1.54) is 32.1 Å². The van der Waals surface area contributed by atoms with Crippen LogP contribution in [0.5, 0.6) is 0 Å². The first-order valence-electron chi connectivity index (χ1n) is 6.11. The Balaban J connectivity index is 0.000000151. The summed E-state index contributed by atoms with van der Waals surface area (Å²) in [6.45, 7) is 4.06. The molecule has 0 spiro atoms. The van der Waals surface area contributed by atoms with E-state index in [2.05, 4.69) is 10.6 Å². The van der Waals surface area contributed by atoms with Crippen LogP contribution in [-0.2, 0) is 0 Å². The fourth-order valence-electron chi connectivity index (χ4n) is 1.29. The first kappa shape index (κ1) is 12.2. The van der Waals surface area contributed by atoms with Crippen LogP contribution < -0.4 is 10.6 Å².